The predicted octanol–water partition coefficient (Wildman–Crippen LogP) is 4.99. The fourth-order valence-corrected chi connectivity index (χ4v) is 3.84. The minimum Gasteiger partial charge on any atom is -0.310 e. The molecule has 2 heteroatoms. The van der Waals surface area contributed by atoms with Gasteiger partial charge in [0.25, 0.3) is 0 Å². The molecule has 0 radical (unpaired) electrons. The van der Waals surface area contributed by atoms with E-state index in [0.717, 1.165) is 18.4 Å². The van der Waals surface area contributed by atoms with Crippen LogP contribution in [0.1, 0.15) is 63.1 Å². The topological polar surface area (TPSA) is 12.0 Å². The van der Waals surface area contributed by atoms with Crippen LogP contribution in [0, 0.1) is 5.92 Å². The minimum absolute atomic E-state index is 0.499. The van der Waals surface area contributed by atoms with Crippen molar-refractivity contribution in [2.75, 3.05) is 18.1 Å². The molecule has 112 valence electrons. The lowest BCUT2D eigenvalue weighted by Crippen LogP contribution is -2.23. The lowest BCUT2D eigenvalue weighted by Gasteiger charge is -2.26. The van der Waals surface area contributed by atoms with Crippen LogP contribution in [-0.4, -0.2) is 18.1 Å². The van der Waals surface area contributed by atoms with Crippen LogP contribution < -0.4 is 5.32 Å². The van der Waals surface area contributed by atoms with Crippen molar-refractivity contribution in [3.63, 3.8) is 0 Å². The molecule has 0 aliphatic heterocycles. The van der Waals surface area contributed by atoms with Gasteiger partial charge in [-0.3, -0.25) is 0 Å². The Hall–Kier alpha value is -0.470. The van der Waals surface area contributed by atoms with Gasteiger partial charge in [-0.15, -0.1) is 0 Å². The number of nitrogens with one attached hydrogen (secondary N) is 1. The van der Waals surface area contributed by atoms with Crippen LogP contribution in [0.25, 0.3) is 0 Å². The van der Waals surface area contributed by atoms with E-state index in [9.17, 15) is 0 Å². The molecular weight excluding hydrogens is 262 g/mol. The third kappa shape index (κ3) is 4.53. The van der Waals surface area contributed by atoms with Crippen LogP contribution in [0.15, 0.2) is 24.3 Å². The maximum atomic E-state index is 3.63. The summed E-state index contributed by atoms with van der Waals surface area (Å²) in [6, 6.07) is 9.90. The Bertz CT molecular complexity index is 381. The van der Waals surface area contributed by atoms with Crippen molar-refractivity contribution in [3.8, 4) is 0 Å². The van der Waals surface area contributed by atoms with E-state index < -0.39 is 0 Å². The summed E-state index contributed by atoms with van der Waals surface area (Å²) in [5.41, 5.74) is 3.00. The predicted molar refractivity (Wildman–Crippen MR) is 91.6 cm³/mol. The van der Waals surface area contributed by atoms with Crippen LogP contribution in [0.2, 0.25) is 0 Å². The standard InChI is InChI=1S/C18H29NS/c1-4-19-18(13-20-12-14(2)3)17-10-8-16(9-11-17)15-6-5-7-15/h8-11,14-15,18-19H,4-7,12-13H2,1-3H3. The van der Waals surface area contributed by atoms with Gasteiger partial charge >= 0.3 is 0 Å². The van der Waals surface area contributed by atoms with Gasteiger partial charge in [0.2, 0.25) is 0 Å². The van der Waals surface area contributed by atoms with Gasteiger partial charge in [0, 0.05) is 11.8 Å². The van der Waals surface area contributed by atoms with E-state index in [-0.39, 0.29) is 0 Å². The summed E-state index contributed by atoms with van der Waals surface area (Å²) in [5.74, 6) is 4.05. The Morgan fingerprint density at radius 1 is 1.15 bits per heavy atom. The first-order valence-corrected chi connectivity index (χ1v) is 9.27. The molecular formula is C18H29NS. The van der Waals surface area contributed by atoms with Crippen molar-refractivity contribution in [1.29, 1.82) is 0 Å². The quantitative estimate of drug-likeness (QED) is 0.724. The summed E-state index contributed by atoms with van der Waals surface area (Å²) in [4.78, 5) is 0. The van der Waals surface area contributed by atoms with E-state index >= 15 is 0 Å². The second kappa shape index (κ2) is 8.09. The van der Waals surface area contributed by atoms with Crippen LogP contribution in [-0.2, 0) is 0 Å². The summed E-state index contributed by atoms with van der Waals surface area (Å²) in [6.45, 7) is 7.82. The molecule has 1 unspecified atom stereocenters. The fourth-order valence-electron chi connectivity index (χ4n) is 2.68. The SMILES string of the molecule is CCNC(CSCC(C)C)c1ccc(C2CCC2)cc1. The Morgan fingerprint density at radius 2 is 1.85 bits per heavy atom. The largest absolute Gasteiger partial charge is 0.310 e. The number of rotatable bonds is 8. The highest BCUT2D eigenvalue weighted by Crippen LogP contribution is 2.36. The van der Waals surface area contributed by atoms with Crippen LogP contribution in [0.4, 0.5) is 0 Å². The molecule has 1 aromatic rings. The molecule has 0 bridgehead atoms. The van der Waals surface area contributed by atoms with E-state index in [1.54, 1.807) is 5.56 Å². The second-order valence-corrected chi connectivity index (χ2v) is 7.41. The minimum atomic E-state index is 0.499. The normalized spacial score (nSPS) is 17.2. The Morgan fingerprint density at radius 3 is 2.35 bits per heavy atom. The van der Waals surface area contributed by atoms with Gasteiger partial charge in [-0.2, -0.15) is 11.8 Å². The summed E-state index contributed by atoms with van der Waals surface area (Å²) < 4.78 is 0. The Kier molecular flexibility index (Phi) is 6.44. The lowest BCUT2D eigenvalue weighted by atomic mass is 9.80. The highest BCUT2D eigenvalue weighted by molar-refractivity contribution is 7.99. The molecule has 1 atom stereocenters. The molecule has 2 rings (SSSR count). The number of hydrogen-bond acceptors (Lipinski definition) is 2. The van der Waals surface area contributed by atoms with E-state index in [0.29, 0.717) is 6.04 Å². The average molecular weight is 292 g/mol. The smallest absolute Gasteiger partial charge is 0.0411 e. The second-order valence-electron chi connectivity index (χ2n) is 6.34. The number of thioether (sulfide) groups is 1. The molecule has 1 aliphatic carbocycles. The third-order valence-corrected chi connectivity index (χ3v) is 5.57. The van der Waals surface area contributed by atoms with Crippen molar-refractivity contribution in [2.24, 2.45) is 5.92 Å². The molecule has 1 N–H and O–H groups in total. The molecule has 0 aromatic heterocycles. The monoisotopic (exact) mass is 291 g/mol. The summed E-state index contributed by atoms with van der Waals surface area (Å²) in [7, 11) is 0. The maximum absolute atomic E-state index is 3.63. The van der Waals surface area contributed by atoms with Crippen LogP contribution in [0.3, 0.4) is 0 Å². The Balaban J connectivity index is 1.93. The zero-order valence-electron chi connectivity index (χ0n) is 13.2. The first-order valence-electron chi connectivity index (χ1n) is 8.11. The zero-order valence-corrected chi connectivity index (χ0v) is 14.0. The van der Waals surface area contributed by atoms with Gasteiger partial charge in [0.15, 0.2) is 0 Å². The zero-order chi connectivity index (χ0) is 14.4. The lowest BCUT2D eigenvalue weighted by molar-refractivity contribution is 0.419. The van der Waals surface area contributed by atoms with Crippen molar-refractivity contribution in [3.05, 3.63) is 35.4 Å². The van der Waals surface area contributed by atoms with Gasteiger partial charge in [-0.25, -0.2) is 0 Å². The number of hydrogen-bond donors (Lipinski definition) is 1. The molecule has 1 saturated carbocycles. The third-order valence-electron chi connectivity index (χ3n) is 4.10. The molecule has 0 saturated heterocycles. The molecule has 1 aliphatic rings. The van der Waals surface area contributed by atoms with Crippen molar-refractivity contribution in [2.45, 2.75) is 52.0 Å². The average Bonchev–Trinajstić information content (AvgIpc) is 2.36. The first-order chi connectivity index (χ1) is 9.70. The summed E-state index contributed by atoms with van der Waals surface area (Å²) in [5, 5.41) is 3.63. The summed E-state index contributed by atoms with van der Waals surface area (Å²) >= 11 is 2.07. The van der Waals surface area contributed by atoms with Gasteiger partial charge in [-0.05, 0) is 48.1 Å². The van der Waals surface area contributed by atoms with E-state index in [1.807, 2.05) is 0 Å². The first kappa shape index (κ1) is 15.9. The van der Waals surface area contributed by atoms with Crippen molar-refractivity contribution < 1.29 is 0 Å². The molecule has 0 amide bonds. The van der Waals surface area contributed by atoms with Crippen molar-refractivity contribution >= 4 is 11.8 Å². The molecule has 0 spiro atoms. The number of benzene rings is 1. The van der Waals surface area contributed by atoms with Gasteiger partial charge in [0.1, 0.15) is 0 Å². The highest BCUT2D eigenvalue weighted by atomic mass is 32.2. The van der Waals surface area contributed by atoms with Crippen LogP contribution >= 0.6 is 11.8 Å². The fraction of sp³-hybridized carbons (Fsp3) is 0.667. The highest BCUT2D eigenvalue weighted by Gasteiger charge is 2.19. The molecule has 0 heterocycles. The van der Waals surface area contributed by atoms with Gasteiger partial charge < -0.3 is 5.32 Å². The van der Waals surface area contributed by atoms with Gasteiger partial charge in [0.05, 0.1) is 0 Å². The Labute approximate surface area is 128 Å². The summed E-state index contributed by atoms with van der Waals surface area (Å²) in [6.07, 6.45) is 4.19. The molecule has 1 nitrogen and oxygen atoms in total. The van der Waals surface area contributed by atoms with E-state index in [2.05, 4.69) is 62.1 Å². The van der Waals surface area contributed by atoms with Crippen LogP contribution in [0.5, 0.6) is 0 Å². The van der Waals surface area contributed by atoms with E-state index in [1.165, 1.54) is 36.3 Å². The van der Waals surface area contributed by atoms with Crippen molar-refractivity contribution in [1.82, 2.24) is 5.32 Å². The van der Waals surface area contributed by atoms with E-state index in [4.69, 9.17) is 0 Å². The van der Waals surface area contributed by atoms with Gasteiger partial charge in [-0.1, -0.05) is 51.5 Å². The maximum Gasteiger partial charge on any atom is 0.0411 e. The molecule has 1 fully saturated rings. The molecule has 20 heavy (non-hydrogen) atoms. The molecule has 1 aromatic carbocycles.